The quantitative estimate of drug-likeness (QED) is 0.134. The van der Waals surface area contributed by atoms with Gasteiger partial charge in [0.25, 0.3) is 11.7 Å². The number of allylic oxidation sites excluding steroid dienone is 2. The number of amides is 1. The SMILES string of the molecule is CO[C@H]1/C=C/O[C@@]2(C)Oc3c(C)c(O)c4c(O)c(c(C=NN5CCOCC5)c(O)c4c3C2=O)NC(=O)/C(C)=C\C=C\[C@H](C)[C@H](O)[C@@H](C)[C@@H](O)[C@H](C)[C@H](O)[C@H]1C. The number of anilines is 1. The smallest absolute Gasteiger partial charge is 0.312 e. The zero-order valence-corrected chi connectivity index (χ0v) is 32.4. The molecule has 7 N–H and O–H groups in total. The van der Waals surface area contributed by atoms with Crippen LogP contribution in [0.2, 0.25) is 0 Å². The van der Waals surface area contributed by atoms with E-state index < -0.39 is 82.8 Å². The van der Waals surface area contributed by atoms with E-state index in [9.17, 15) is 40.2 Å². The Morgan fingerprint density at radius 1 is 0.909 bits per heavy atom. The highest BCUT2D eigenvalue weighted by atomic mass is 16.7. The third-order valence-corrected chi connectivity index (χ3v) is 11.1. The van der Waals surface area contributed by atoms with E-state index in [1.165, 1.54) is 52.5 Å². The Hall–Kier alpha value is -4.67. The van der Waals surface area contributed by atoms with Gasteiger partial charge in [0.2, 0.25) is 0 Å². The van der Waals surface area contributed by atoms with E-state index in [2.05, 4.69) is 10.4 Å². The highest BCUT2D eigenvalue weighted by Gasteiger charge is 2.50. The first-order valence-corrected chi connectivity index (χ1v) is 18.4. The Kier molecular flexibility index (Phi) is 12.5. The molecule has 4 aliphatic heterocycles. The minimum Gasteiger partial charge on any atom is -0.507 e. The number of hydrogen-bond donors (Lipinski definition) is 7. The van der Waals surface area contributed by atoms with Crippen molar-refractivity contribution >= 4 is 34.4 Å². The summed E-state index contributed by atoms with van der Waals surface area (Å²) in [5.74, 6) is -7.68. The molecule has 4 heterocycles. The maximum absolute atomic E-state index is 14.3. The van der Waals surface area contributed by atoms with E-state index in [1.807, 2.05) is 0 Å². The number of morpholine rings is 1. The van der Waals surface area contributed by atoms with Gasteiger partial charge in [-0.1, -0.05) is 45.9 Å². The molecule has 4 aliphatic rings. The lowest BCUT2D eigenvalue weighted by atomic mass is 9.78. The van der Waals surface area contributed by atoms with Crippen LogP contribution in [0.5, 0.6) is 23.0 Å². The highest BCUT2D eigenvalue weighted by Crippen LogP contribution is 2.55. The van der Waals surface area contributed by atoms with E-state index in [0.29, 0.717) is 26.3 Å². The lowest BCUT2D eigenvalue weighted by Gasteiger charge is -2.36. The number of hydrazone groups is 1. The fourth-order valence-electron chi connectivity index (χ4n) is 7.29. The van der Waals surface area contributed by atoms with Gasteiger partial charge in [0, 0.05) is 54.2 Å². The minimum atomic E-state index is -2.02. The number of phenols is 3. The van der Waals surface area contributed by atoms with Crippen LogP contribution in [-0.4, -0.2) is 117 Å². The van der Waals surface area contributed by atoms with Gasteiger partial charge in [-0.3, -0.25) is 14.6 Å². The number of rotatable bonds is 3. The van der Waals surface area contributed by atoms with E-state index in [1.54, 1.807) is 44.9 Å². The molecule has 15 heteroatoms. The summed E-state index contributed by atoms with van der Waals surface area (Å²) in [6.45, 7) is 12.9. The van der Waals surface area contributed by atoms with Crippen LogP contribution in [0.25, 0.3) is 10.8 Å². The van der Waals surface area contributed by atoms with Crippen LogP contribution in [0, 0.1) is 30.6 Å². The average molecular weight is 768 g/mol. The molecule has 0 saturated carbocycles. The molecule has 0 aliphatic carbocycles. The number of nitrogens with one attached hydrogen (secondary N) is 1. The standard InChI is InChI=1S/C40H53N3O12/c1-19-10-9-11-20(2)39(51)42-30-25(18-41-43-13-16-53-17-14-43)35(48)27-28(36(30)49)34(47)24(6)37-29(27)38(50)40(7,55-37)54-15-12-26(52-8)21(3)32(45)23(5)33(46)22(4)31(19)44/h9-12,15,18-19,21-23,26,31-33,44-49H,13-14,16-17H2,1-8H3,(H,42,51)/b10-9+,15-12+,20-11-,41-18?/t19-,21-,22+,23+,26-,31-,32+,33+,40-/m0/s1. The fraction of sp³-hybridized carbons (Fsp3) is 0.525. The van der Waals surface area contributed by atoms with Crippen LogP contribution >= 0.6 is 0 Å². The predicted octanol–water partition coefficient (Wildman–Crippen LogP) is 3.85. The molecule has 0 radical (unpaired) electrons. The zero-order valence-electron chi connectivity index (χ0n) is 32.4. The maximum atomic E-state index is 14.3. The van der Waals surface area contributed by atoms with Crippen LogP contribution in [0.1, 0.15) is 63.0 Å². The number of carbonyl (C=O) groups is 2. The summed E-state index contributed by atoms with van der Waals surface area (Å²) in [5, 5.41) is 77.2. The number of carbonyl (C=O) groups excluding carboxylic acids is 2. The number of ketones is 1. The van der Waals surface area contributed by atoms with Crippen LogP contribution < -0.4 is 10.1 Å². The second-order valence-electron chi connectivity index (χ2n) is 14.8. The van der Waals surface area contributed by atoms with Gasteiger partial charge in [0.1, 0.15) is 17.2 Å². The van der Waals surface area contributed by atoms with Crippen molar-refractivity contribution in [2.24, 2.45) is 28.8 Å². The molecule has 0 aromatic heterocycles. The molecular weight excluding hydrogens is 714 g/mol. The number of aromatic hydroxyl groups is 3. The number of methoxy groups -OCH3 is 1. The Labute approximate surface area is 320 Å². The van der Waals surface area contributed by atoms with Crippen molar-refractivity contribution in [3.8, 4) is 23.0 Å². The average Bonchev–Trinajstić information content (AvgIpc) is 3.44. The van der Waals surface area contributed by atoms with Crippen LogP contribution in [0.3, 0.4) is 0 Å². The Morgan fingerprint density at radius 2 is 1.55 bits per heavy atom. The van der Waals surface area contributed by atoms with Gasteiger partial charge in [-0.15, -0.1) is 0 Å². The minimum absolute atomic E-state index is 0.0604. The van der Waals surface area contributed by atoms with Crippen molar-refractivity contribution in [1.29, 1.82) is 0 Å². The summed E-state index contributed by atoms with van der Waals surface area (Å²) in [4.78, 5) is 27.9. The lowest BCUT2D eigenvalue weighted by Crippen LogP contribution is -2.44. The molecule has 2 aromatic carbocycles. The molecule has 1 saturated heterocycles. The molecule has 2 aromatic rings. The summed E-state index contributed by atoms with van der Waals surface area (Å²) in [6.07, 6.45) is 4.70. The number of phenolic OH excluding ortho intramolecular Hbond substituents is 3. The van der Waals surface area contributed by atoms with Crippen LogP contribution in [0.4, 0.5) is 5.69 Å². The molecule has 5 bridgehead atoms. The number of nitrogens with zero attached hydrogens (tertiary/aromatic N) is 2. The van der Waals surface area contributed by atoms with Crippen molar-refractivity contribution in [3.05, 3.63) is 52.8 Å². The maximum Gasteiger partial charge on any atom is 0.312 e. The molecule has 1 amide bonds. The second kappa shape index (κ2) is 16.6. The summed E-state index contributed by atoms with van der Waals surface area (Å²) in [7, 11) is 1.43. The van der Waals surface area contributed by atoms with E-state index >= 15 is 0 Å². The number of ether oxygens (including phenoxy) is 4. The van der Waals surface area contributed by atoms with Gasteiger partial charge in [-0.05, 0) is 19.9 Å². The molecule has 0 unspecified atom stereocenters. The van der Waals surface area contributed by atoms with Crippen molar-refractivity contribution in [3.63, 3.8) is 0 Å². The third-order valence-electron chi connectivity index (χ3n) is 11.1. The molecule has 300 valence electrons. The third kappa shape index (κ3) is 7.89. The predicted molar refractivity (Wildman–Crippen MR) is 204 cm³/mol. The number of hydrogen-bond acceptors (Lipinski definition) is 14. The molecule has 6 rings (SSSR count). The van der Waals surface area contributed by atoms with Gasteiger partial charge >= 0.3 is 5.79 Å². The number of Topliss-reactive ketones (excluding diaryl/α,β-unsaturated/α-hetero) is 1. The fourth-order valence-corrected chi connectivity index (χ4v) is 7.29. The number of benzene rings is 2. The molecule has 15 nitrogen and oxygen atoms in total. The molecular formula is C40H53N3O12. The molecule has 55 heavy (non-hydrogen) atoms. The summed E-state index contributed by atoms with van der Waals surface area (Å²) in [6, 6.07) is 0. The summed E-state index contributed by atoms with van der Waals surface area (Å²) < 4.78 is 23.0. The van der Waals surface area contributed by atoms with E-state index in [0.717, 1.165) is 0 Å². The normalized spacial score (nSPS) is 33.3. The molecule has 9 atom stereocenters. The number of fused-ring (bicyclic) bond motifs is 14. The Morgan fingerprint density at radius 3 is 2.20 bits per heavy atom. The Bertz CT molecular complexity index is 1920. The number of aliphatic hydroxyl groups excluding tert-OH is 3. The molecule has 0 spiro atoms. The lowest BCUT2D eigenvalue weighted by molar-refractivity contribution is -0.112. The first-order valence-electron chi connectivity index (χ1n) is 18.4. The van der Waals surface area contributed by atoms with Crippen molar-refractivity contribution < 1.29 is 59.2 Å². The number of aliphatic hydroxyl groups is 3. The largest absolute Gasteiger partial charge is 0.507 e. The van der Waals surface area contributed by atoms with Crippen molar-refractivity contribution in [2.75, 3.05) is 38.7 Å². The first kappa shape index (κ1) is 41.5. The zero-order chi connectivity index (χ0) is 40.5. The first-order chi connectivity index (χ1) is 25.9. The van der Waals surface area contributed by atoms with Crippen molar-refractivity contribution in [2.45, 2.75) is 78.7 Å². The topological polar surface area (TPSA) is 220 Å². The van der Waals surface area contributed by atoms with Gasteiger partial charge < -0.3 is 54.9 Å². The monoisotopic (exact) mass is 767 g/mol. The van der Waals surface area contributed by atoms with Crippen LogP contribution in [0.15, 0.2) is 41.2 Å². The highest BCUT2D eigenvalue weighted by molar-refractivity contribution is 6.23. The summed E-state index contributed by atoms with van der Waals surface area (Å²) in [5.41, 5.74) is -0.366. The molecule has 1 fully saturated rings. The van der Waals surface area contributed by atoms with Gasteiger partial charge in [-0.25, -0.2) is 0 Å². The van der Waals surface area contributed by atoms with Crippen molar-refractivity contribution in [1.82, 2.24) is 5.01 Å². The second-order valence-corrected chi connectivity index (χ2v) is 14.8. The summed E-state index contributed by atoms with van der Waals surface area (Å²) >= 11 is 0. The Balaban J connectivity index is 1.70. The van der Waals surface area contributed by atoms with E-state index in [-0.39, 0.29) is 44.5 Å². The van der Waals surface area contributed by atoms with Gasteiger partial charge in [0.05, 0.1) is 85.4 Å². The van der Waals surface area contributed by atoms with Gasteiger partial charge in [0.15, 0.2) is 5.75 Å². The van der Waals surface area contributed by atoms with E-state index in [4.69, 9.17) is 18.9 Å². The van der Waals surface area contributed by atoms with Gasteiger partial charge in [-0.2, -0.15) is 5.10 Å². The van der Waals surface area contributed by atoms with Crippen LogP contribution in [-0.2, 0) is 19.0 Å².